The Labute approximate surface area is 113 Å². The van der Waals surface area contributed by atoms with Gasteiger partial charge in [-0.2, -0.15) is 0 Å². The van der Waals surface area contributed by atoms with E-state index >= 15 is 0 Å². The number of thiophene rings is 1. The van der Waals surface area contributed by atoms with Crippen molar-refractivity contribution < 1.29 is 9.90 Å². The first-order valence-corrected chi connectivity index (χ1v) is 6.50. The van der Waals surface area contributed by atoms with Crippen LogP contribution in [0.15, 0.2) is 28.6 Å². The second-order valence-corrected chi connectivity index (χ2v) is 5.08. The van der Waals surface area contributed by atoms with Crippen molar-refractivity contribution in [2.45, 2.75) is 20.0 Å². The average molecular weight is 279 g/mol. The molecule has 0 aliphatic heterocycles. The lowest BCUT2D eigenvalue weighted by Crippen LogP contribution is -2.27. The molecule has 0 radical (unpaired) electrons. The fourth-order valence-corrected chi connectivity index (χ4v) is 2.34. The van der Waals surface area contributed by atoms with Gasteiger partial charge >= 0.3 is 5.97 Å². The number of hydrogen-bond donors (Lipinski definition) is 2. The maximum Gasteiger partial charge on any atom is 0.323 e. The van der Waals surface area contributed by atoms with E-state index in [1.807, 2.05) is 18.4 Å². The van der Waals surface area contributed by atoms with Gasteiger partial charge in [0.05, 0.1) is 0 Å². The van der Waals surface area contributed by atoms with Gasteiger partial charge in [0.2, 0.25) is 0 Å². The fourth-order valence-electron chi connectivity index (χ4n) is 1.61. The minimum atomic E-state index is -1.06. The van der Waals surface area contributed by atoms with Crippen molar-refractivity contribution in [3.63, 3.8) is 0 Å². The van der Waals surface area contributed by atoms with Crippen LogP contribution in [-0.2, 0) is 17.9 Å². The predicted molar refractivity (Wildman–Crippen MR) is 72.5 cm³/mol. The van der Waals surface area contributed by atoms with Crippen LogP contribution in [0.1, 0.15) is 10.4 Å². The highest BCUT2D eigenvalue weighted by molar-refractivity contribution is 7.10. The first kappa shape index (κ1) is 13.3. The molecule has 2 aromatic heterocycles. The molecule has 0 bridgehead atoms. The van der Waals surface area contributed by atoms with Gasteiger partial charge in [-0.05, 0) is 23.9 Å². The highest BCUT2D eigenvalue weighted by Crippen LogP contribution is 2.15. The quantitative estimate of drug-likeness (QED) is 0.862. The molecule has 0 saturated carbocycles. The first-order chi connectivity index (χ1) is 9.08. The van der Waals surface area contributed by atoms with Crippen LogP contribution < -0.4 is 10.9 Å². The summed E-state index contributed by atoms with van der Waals surface area (Å²) in [5.41, 5.74) is 0.664. The maximum absolute atomic E-state index is 11.9. The lowest BCUT2D eigenvalue weighted by Gasteiger charge is -2.07. The average Bonchev–Trinajstić information content (AvgIpc) is 2.76. The summed E-state index contributed by atoms with van der Waals surface area (Å²) in [4.78, 5) is 27.7. The highest BCUT2D eigenvalue weighted by Gasteiger charge is 2.08. The Bertz CT molecular complexity index is 648. The van der Waals surface area contributed by atoms with E-state index in [0.29, 0.717) is 6.54 Å². The molecule has 2 heterocycles. The lowest BCUT2D eigenvalue weighted by molar-refractivity contribution is -0.137. The van der Waals surface area contributed by atoms with Crippen LogP contribution in [0.5, 0.6) is 0 Å². The number of aryl methyl sites for hydroxylation is 1. The SMILES string of the molecule is Cc1sccc1CNc1nccn(CC(=O)O)c1=O. The van der Waals surface area contributed by atoms with Crippen molar-refractivity contribution >= 4 is 23.1 Å². The third kappa shape index (κ3) is 3.19. The molecule has 0 amide bonds. The van der Waals surface area contributed by atoms with Crippen molar-refractivity contribution in [1.29, 1.82) is 0 Å². The van der Waals surface area contributed by atoms with Crippen LogP contribution in [0.25, 0.3) is 0 Å². The number of carboxylic acid groups (broad SMARTS) is 1. The number of anilines is 1. The number of rotatable bonds is 5. The van der Waals surface area contributed by atoms with E-state index in [0.717, 1.165) is 10.1 Å². The summed E-state index contributed by atoms with van der Waals surface area (Å²) in [6.45, 7) is 2.13. The van der Waals surface area contributed by atoms with E-state index in [1.165, 1.54) is 17.3 Å². The van der Waals surface area contributed by atoms with Gasteiger partial charge in [0.1, 0.15) is 6.54 Å². The molecule has 100 valence electrons. The van der Waals surface area contributed by atoms with Crippen molar-refractivity contribution in [1.82, 2.24) is 9.55 Å². The largest absolute Gasteiger partial charge is 0.480 e. The summed E-state index contributed by atoms with van der Waals surface area (Å²) in [6.07, 6.45) is 2.77. The maximum atomic E-state index is 11.9. The Kier molecular flexibility index (Phi) is 3.96. The molecule has 0 spiro atoms. The minimum absolute atomic E-state index is 0.161. The molecule has 2 N–H and O–H groups in total. The monoisotopic (exact) mass is 279 g/mol. The molecule has 0 fully saturated rings. The highest BCUT2D eigenvalue weighted by atomic mass is 32.1. The smallest absolute Gasteiger partial charge is 0.323 e. The van der Waals surface area contributed by atoms with Crippen LogP contribution >= 0.6 is 11.3 Å². The molecule has 0 saturated heterocycles. The third-order valence-electron chi connectivity index (χ3n) is 2.63. The van der Waals surface area contributed by atoms with Crippen molar-refractivity contribution in [2.24, 2.45) is 0 Å². The summed E-state index contributed by atoms with van der Waals surface area (Å²) in [6, 6.07) is 1.98. The molecule has 6 nitrogen and oxygen atoms in total. The number of carboxylic acids is 1. The number of carbonyl (C=O) groups is 1. The fraction of sp³-hybridized carbons (Fsp3) is 0.250. The molecule has 0 unspecified atom stereocenters. The molecule has 7 heteroatoms. The summed E-state index contributed by atoms with van der Waals surface area (Å²) in [7, 11) is 0. The zero-order valence-electron chi connectivity index (χ0n) is 10.3. The van der Waals surface area contributed by atoms with Gasteiger partial charge in [0, 0.05) is 23.8 Å². The Morgan fingerprint density at radius 1 is 1.58 bits per heavy atom. The van der Waals surface area contributed by atoms with Crippen molar-refractivity contribution in [3.8, 4) is 0 Å². The van der Waals surface area contributed by atoms with Crippen molar-refractivity contribution in [3.05, 3.63) is 44.6 Å². The number of nitrogens with zero attached hydrogens (tertiary/aromatic N) is 2. The second-order valence-electron chi connectivity index (χ2n) is 3.96. The summed E-state index contributed by atoms with van der Waals surface area (Å²) < 4.78 is 1.11. The normalized spacial score (nSPS) is 10.4. The molecule has 0 aliphatic carbocycles. The second kappa shape index (κ2) is 5.66. The van der Waals surface area contributed by atoms with Crippen LogP contribution in [0, 0.1) is 6.92 Å². The van der Waals surface area contributed by atoms with Gasteiger partial charge in [0.25, 0.3) is 5.56 Å². The zero-order valence-corrected chi connectivity index (χ0v) is 11.1. The molecular formula is C12H13N3O3S. The Balaban J connectivity index is 2.15. The Hall–Kier alpha value is -2.15. The van der Waals surface area contributed by atoms with E-state index in [1.54, 1.807) is 11.3 Å². The lowest BCUT2D eigenvalue weighted by atomic mass is 10.3. The van der Waals surface area contributed by atoms with E-state index in [4.69, 9.17) is 5.11 Å². The number of hydrogen-bond acceptors (Lipinski definition) is 5. The van der Waals surface area contributed by atoms with Gasteiger partial charge in [-0.15, -0.1) is 11.3 Å². The Morgan fingerprint density at radius 3 is 3.00 bits per heavy atom. The third-order valence-corrected chi connectivity index (χ3v) is 3.52. The molecule has 2 rings (SSSR count). The minimum Gasteiger partial charge on any atom is -0.480 e. The van der Waals surface area contributed by atoms with E-state index in [2.05, 4.69) is 10.3 Å². The molecule has 0 aliphatic rings. The van der Waals surface area contributed by atoms with Crippen LogP contribution in [-0.4, -0.2) is 20.6 Å². The molecular weight excluding hydrogens is 266 g/mol. The van der Waals surface area contributed by atoms with Crippen molar-refractivity contribution in [2.75, 3.05) is 5.32 Å². The first-order valence-electron chi connectivity index (χ1n) is 5.62. The number of nitrogens with one attached hydrogen (secondary N) is 1. The summed E-state index contributed by atoms with van der Waals surface area (Å²) >= 11 is 1.63. The van der Waals surface area contributed by atoms with Gasteiger partial charge in [0.15, 0.2) is 5.82 Å². The standard InChI is InChI=1S/C12H13N3O3S/c1-8-9(2-5-19-8)6-14-11-12(18)15(4-3-13-11)7-10(16)17/h2-5H,6-7H2,1H3,(H,13,14)(H,16,17). The topological polar surface area (TPSA) is 84.2 Å². The van der Waals surface area contributed by atoms with Crippen LogP contribution in [0.3, 0.4) is 0 Å². The van der Waals surface area contributed by atoms with Gasteiger partial charge in [-0.1, -0.05) is 0 Å². The van der Waals surface area contributed by atoms with Crippen LogP contribution in [0.4, 0.5) is 5.82 Å². The summed E-state index contributed by atoms with van der Waals surface area (Å²) in [5.74, 6) is -0.901. The van der Waals surface area contributed by atoms with Gasteiger partial charge in [-0.25, -0.2) is 4.98 Å². The molecule has 0 aromatic carbocycles. The number of aromatic nitrogens is 2. The Morgan fingerprint density at radius 2 is 2.37 bits per heavy atom. The van der Waals surface area contributed by atoms with Gasteiger partial charge < -0.3 is 10.4 Å². The number of aliphatic carboxylic acids is 1. The molecule has 0 atom stereocenters. The summed E-state index contributed by atoms with van der Waals surface area (Å²) in [5, 5.41) is 13.6. The van der Waals surface area contributed by atoms with E-state index in [-0.39, 0.29) is 12.4 Å². The molecule has 19 heavy (non-hydrogen) atoms. The zero-order chi connectivity index (χ0) is 13.8. The predicted octanol–water partition coefficient (Wildman–Crippen LogP) is 1.31. The molecule has 2 aromatic rings. The van der Waals surface area contributed by atoms with Crippen LogP contribution in [0.2, 0.25) is 0 Å². The van der Waals surface area contributed by atoms with Gasteiger partial charge in [-0.3, -0.25) is 14.2 Å². The van der Waals surface area contributed by atoms with E-state index in [9.17, 15) is 9.59 Å². The van der Waals surface area contributed by atoms with E-state index < -0.39 is 11.5 Å².